The third-order valence-corrected chi connectivity index (χ3v) is 1.98. The average Bonchev–Trinajstić information content (AvgIpc) is 2.34. The number of carbonyl (C=O) groups excluding carboxylic acids is 1. The summed E-state index contributed by atoms with van der Waals surface area (Å²) in [6.07, 6.45) is 0. The van der Waals surface area contributed by atoms with E-state index in [0.717, 1.165) is 0 Å². The van der Waals surface area contributed by atoms with Crippen LogP contribution in [0.2, 0.25) is 0 Å². The van der Waals surface area contributed by atoms with Crippen molar-refractivity contribution in [2.75, 3.05) is 13.2 Å². The maximum absolute atomic E-state index is 11.3. The standard InChI is InChI=1S/C12H11ClN2O2/c1-9(13)7-15-12(16)8-17-11-5-3-2-4-10(11)6-14/h2-5H,1,7-8H2,(H,15,16). The van der Waals surface area contributed by atoms with Gasteiger partial charge in [-0.05, 0) is 12.1 Å². The second-order valence-corrected chi connectivity index (χ2v) is 3.73. The molecule has 0 heterocycles. The molecular weight excluding hydrogens is 240 g/mol. The molecule has 1 aromatic carbocycles. The van der Waals surface area contributed by atoms with Gasteiger partial charge in [0, 0.05) is 5.03 Å². The second-order valence-electron chi connectivity index (χ2n) is 3.19. The molecule has 0 saturated carbocycles. The van der Waals surface area contributed by atoms with Crippen LogP contribution >= 0.6 is 11.6 Å². The minimum Gasteiger partial charge on any atom is -0.482 e. The molecule has 88 valence electrons. The maximum Gasteiger partial charge on any atom is 0.258 e. The van der Waals surface area contributed by atoms with Crippen LogP contribution in [0, 0.1) is 11.3 Å². The molecule has 1 aromatic rings. The van der Waals surface area contributed by atoms with Gasteiger partial charge in [-0.3, -0.25) is 4.79 Å². The lowest BCUT2D eigenvalue weighted by Crippen LogP contribution is -2.29. The van der Waals surface area contributed by atoms with Crippen molar-refractivity contribution in [2.45, 2.75) is 0 Å². The molecule has 1 rings (SSSR count). The summed E-state index contributed by atoms with van der Waals surface area (Å²) in [4.78, 5) is 11.3. The molecule has 0 spiro atoms. The van der Waals surface area contributed by atoms with E-state index in [9.17, 15) is 4.79 Å². The Balaban J connectivity index is 2.48. The number of nitrogens with one attached hydrogen (secondary N) is 1. The first kappa shape index (κ1) is 13.1. The highest BCUT2D eigenvalue weighted by Crippen LogP contribution is 2.16. The van der Waals surface area contributed by atoms with Gasteiger partial charge in [0.15, 0.2) is 6.61 Å². The number of hydrogen-bond donors (Lipinski definition) is 1. The van der Waals surface area contributed by atoms with E-state index in [2.05, 4.69) is 11.9 Å². The fraction of sp³-hybridized carbons (Fsp3) is 0.167. The molecule has 17 heavy (non-hydrogen) atoms. The first-order valence-corrected chi connectivity index (χ1v) is 5.23. The van der Waals surface area contributed by atoms with Crippen LogP contribution < -0.4 is 10.1 Å². The van der Waals surface area contributed by atoms with Gasteiger partial charge in [0.2, 0.25) is 0 Å². The van der Waals surface area contributed by atoms with Gasteiger partial charge in [0.1, 0.15) is 11.8 Å². The van der Waals surface area contributed by atoms with Crippen LogP contribution in [0.5, 0.6) is 5.75 Å². The predicted molar refractivity (Wildman–Crippen MR) is 64.7 cm³/mol. The van der Waals surface area contributed by atoms with Gasteiger partial charge < -0.3 is 10.1 Å². The van der Waals surface area contributed by atoms with E-state index < -0.39 is 0 Å². The Labute approximate surface area is 104 Å². The number of amides is 1. The number of nitrogens with zero attached hydrogens (tertiary/aromatic N) is 1. The van der Waals surface area contributed by atoms with Gasteiger partial charge in [-0.15, -0.1) is 0 Å². The van der Waals surface area contributed by atoms with E-state index >= 15 is 0 Å². The van der Waals surface area contributed by atoms with Gasteiger partial charge in [-0.2, -0.15) is 5.26 Å². The molecule has 1 amide bonds. The van der Waals surface area contributed by atoms with Gasteiger partial charge >= 0.3 is 0 Å². The molecule has 0 fully saturated rings. The summed E-state index contributed by atoms with van der Waals surface area (Å²) in [7, 11) is 0. The fourth-order valence-corrected chi connectivity index (χ4v) is 1.14. The van der Waals surface area contributed by atoms with Crippen LogP contribution in [0.4, 0.5) is 0 Å². The van der Waals surface area contributed by atoms with Crippen LogP contribution in [-0.2, 0) is 4.79 Å². The molecule has 1 N–H and O–H groups in total. The molecule has 0 bridgehead atoms. The summed E-state index contributed by atoms with van der Waals surface area (Å²) in [5.74, 6) is 0.0643. The average molecular weight is 251 g/mol. The van der Waals surface area contributed by atoms with Crippen molar-refractivity contribution in [1.82, 2.24) is 5.32 Å². The lowest BCUT2D eigenvalue weighted by atomic mass is 10.2. The van der Waals surface area contributed by atoms with Gasteiger partial charge in [0.25, 0.3) is 5.91 Å². The number of hydrogen-bond acceptors (Lipinski definition) is 3. The molecule has 0 aliphatic heterocycles. The monoisotopic (exact) mass is 250 g/mol. The Kier molecular flexibility index (Phi) is 5.05. The SMILES string of the molecule is C=C(Cl)CNC(=O)COc1ccccc1C#N. The van der Waals surface area contributed by atoms with Crippen molar-refractivity contribution < 1.29 is 9.53 Å². The Morgan fingerprint density at radius 3 is 2.88 bits per heavy atom. The molecule has 4 nitrogen and oxygen atoms in total. The van der Waals surface area contributed by atoms with E-state index in [4.69, 9.17) is 21.6 Å². The Morgan fingerprint density at radius 2 is 2.24 bits per heavy atom. The van der Waals surface area contributed by atoms with E-state index in [-0.39, 0.29) is 19.1 Å². The van der Waals surface area contributed by atoms with Crippen molar-refractivity contribution in [3.05, 3.63) is 41.4 Å². The van der Waals surface area contributed by atoms with Crippen molar-refractivity contribution >= 4 is 17.5 Å². The Hall–Kier alpha value is -1.99. The van der Waals surface area contributed by atoms with E-state index in [1.165, 1.54) is 0 Å². The molecule has 0 aromatic heterocycles. The van der Waals surface area contributed by atoms with E-state index in [1.54, 1.807) is 24.3 Å². The van der Waals surface area contributed by atoms with Gasteiger partial charge in [-0.1, -0.05) is 30.3 Å². The number of rotatable bonds is 5. The third-order valence-electron chi connectivity index (χ3n) is 1.84. The summed E-state index contributed by atoms with van der Waals surface area (Å²) in [6.45, 7) is 3.47. The minimum absolute atomic E-state index is 0.164. The molecule has 0 aliphatic carbocycles. The molecule has 5 heteroatoms. The van der Waals surface area contributed by atoms with Gasteiger partial charge in [-0.25, -0.2) is 0 Å². The summed E-state index contributed by atoms with van der Waals surface area (Å²) in [5.41, 5.74) is 0.391. The largest absolute Gasteiger partial charge is 0.482 e. The van der Waals surface area contributed by atoms with Crippen LogP contribution in [-0.4, -0.2) is 19.1 Å². The van der Waals surface area contributed by atoms with Crippen LogP contribution in [0.15, 0.2) is 35.9 Å². The Morgan fingerprint density at radius 1 is 1.53 bits per heavy atom. The molecular formula is C12H11ClN2O2. The predicted octanol–water partition coefficient (Wildman–Crippen LogP) is 1.81. The van der Waals surface area contributed by atoms with Crippen molar-refractivity contribution in [3.63, 3.8) is 0 Å². The minimum atomic E-state index is -0.320. The Bertz CT molecular complexity index is 466. The fourth-order valence-electron chi connectivity index (χ4n) is 1.07. The summed E-state index contributed by atoms with van der Waals surface area (Å²) >= 11 is 5.49. The molecule has 0 radical (unpaired) electrons. The lowest BCUT2D eigenvalue weighted by Gasteiger charge is -2.07. The van der Waals surface area contributed by atoms with Gasteiger partial charge in [0.05, 0.1) is 12.1 Å². The smallest absolute Gasteiger partial charge is 0.258 e. The second kappa shape index (κ2) is 6.56. The normalized spacial score (nSPS) is 9.18. The number of nitriles is 1. The summed E-state index contributed by atoms with van der Waals surface area (Å²) in [5, 5.41) is 11.7. The zero-order valence-electron chi connectivity index (χ0n) is 9.07. The highest BCUT2D eigenvalue weighted by Gasteiger charge is 2.05. The quantitative estimate of drug-likeness (QED) is 0.867. The van der Waals surface area contributed by atoms with Crippen LogP contribution in [0.1, 0.15) is 5.56 Å². The molecule has 0 aliphatic rings. The number of benzene rings is 1. The molecule has 0 atom stereocenters. The molecule has 0 saturated heterocycles. The highest BCUT2D eigenvalue weighted by molar-refractivity contribution is 6.29. The number of carbonyl (C=O) groups is 1. The lowest BCUT2D eigenvalue weighted by molar-refractivity contribution is -0.122. The van der Waals surface area contributed by atoms with Crippen LogP contribution in [0.25, 0.3) is 0 Å². The summed E-state index contributed by atoms with van der Waals surface area (Å²) < 4.78 is 5.21. The summed E-state index contributed by atoms with van der Waals surface area (Å²) in [6, 6.07) is 8.68. The zero-order chi connectivity index (χ0) is 12.7. The van der Waals surface area contributed by atoms with Crippen molar-refractivity contribution in [1.29, 1.82) is 5.26 Å². The first-order valence-electron chi connectivity index (χ1n) is 4.85. The van der Waals surface area contributed by atoms with E-state index in [1.807, 2.05) is 6.07 Å². The number of ether oxygens (including phenoxy) is 1. The third kappa shape index (κ3) is 4.58. The first-order chi connectivity index (χ1) is 8.13. The highest BCUT2D eigenvalue weighted by atomic mass is 35.5. The number of para-hydroxylation sites is 1. The van der Waals surface area contributed by atoms with Crippen molar-refractivity contribution in [3.8, 4) is 11.8 Å². The molecule has 0 unspecified atom stereocenters. The topological polar surface area (TPSA) is 62.1 Å². The zero-order valence-corrected chi connectivity index (χ0v) is 9.83. The van der Waals surface area contributed by atoms with Crippen molar-refractivity contribution in [2.24, 2.45) is 0 Å². The maximum atomic E-state index is 11.3. The van der Waals surface area contributed by atoms with Crippen LogP contribution in [0.3, 0.4) is 0 Å². The number of halogens is 1. The van der Waals surface area contributed by atoms with E-state index in [0.29, 0.717) is 16.3 Å².